The first-order valence-electron chi connectivity index (χ1n) is 2.03. The molecule has 0 rings (SSSR count). The van der Waals surface area contributed by atoms with Crippen LogP contribution in [0.1, 0.15) is 6.92 Å². The number of carbonyl (C=O) groups is 1. The van der Waals surface area contributed by atoms with E-state index in [1.165, 1.54) is 6.92 Å². The summed E-state index contributed by atoms with van der Waals surface area (Å²) in [4.78, 5) is 9.73. The van der Waals surface area contributed by atoms with E-state index in [0.29, 0.717) is 0 Å². The molecule has 0 radical (unpaired) electrons. The van der Waals surface area contributed by atoms with Gasteiger partial charge in [0.2, 0.25) is 5.97 Å². The van der Waals surface area contributed by atoms with Crippen molar-refractivity contribution in [2.24, 2.45) is 0 Å². The average Bonchev–Trinajstić information content (AvgIpc) is 1.67. The third-order valence-corrected chi connectivity index (χ3v) is 0.430. The van der Waals surface area contributed by atoms with Crippen molar-refractivity contribution >= 4 is 29.0 Å². The maximum absolute atomic E-state index is 11.1. The van der Waals surface area contributed by atoms with Crippen LogP contribution in [0, 0.1) is 6.43 Å². The zero-order chi connectivity index (χ0) is 6.57. The van der Waals surface area contributed by atoms with Gasteiger partial charge in [-0.2, -0.15) is 0 Å². The van der Waals surface area contributed by atoms with Gasteiger partial charge in [-0.3, -0.25) is 4.79 Å². The predicted octanol–water partition coefficient (Wildman–Crippen LogP) is -2.40. The first-order valence-corrected chi connectivity index (χ1v) is 2.03. The van der Waals surface area contributed by atoms with Crippen LogP contribution in [0.25, 0.3) is 0 Å². The summed E-state index contributed by atoms with van der Waals surface area (Å²) < 4.78 is 26.0. The van der Waals surface area contributed by atoms with E-state index in [4.69, 9.17) is 0 Å². The average molecular weight is 183 g/mol. The van der Waals surface area contributed by atoms with Gasteiger partial charge in [0.15, 0.2) is 0 Å². The summed E-state index contributed by atoms with van der Waals surface area (Å²) in [5, 5.41) is 0. The van der Waals surface area contributed by atoms with Crippen molar-refractivity contribution in [2.75, 3.05) is 6.61 Å². The van der Waals surface area contributed by atoms with Gasteiger partial charge in [0.25, 0.3) is 0 Å². The Hall–Kier alpha value is 0.256. The standard InChI is InChI=1S/C4H5F2O2.ClH.Mg/c1-2-8-4(7)3(5)6;;/h2H2,1H3;1H;/q-1;;+2/p-1. The van der Waals surface area contributed by atoms with Gasteiger partial charge in [0, 0.05) is 6.43 Å². The van der Waals surface area contributed by atoms with Crippen LogP contribution in [0.2, 0.25) is 0 Å². The van der Waals surface area contributed by atoms with E-state index in [-0.39, 0.29) is 42.1 Å². The zero-order valence-corrected chi connectivity index (χ0v) is 7.53. The minimum Gasteiger partial charge on any atom is -1.00 e. The van der Waals surface area contributed by atoms with Crippen molar-refractivity contribution in [1.29, 1.82) is 0 Å². The van der Waals surface area contributed by atoms with E-state index in [1.807, 2.05) is 0 Å². The number of hydrogen-bond donors (Lipinski definition) is 0. The predicted molar refractivity (Wildman–Crippen MR) is 27.8 cm³/mol. The molecule has 0 saturated heterocycles. The molecule has 10 heavy (non-hydrogen) atoms. The Morgan fingerprint density at radius 3 is 2.10 bits per heavy atom. The van der Waals surface area contributed by atoms with Gasteiger partial charge in [-0.05, 0) is 6.92 Å². The molecule has 0 aliphatic rings. The SMILES string of the molecule is CCOC(=O)[C-](F)F.[Cl-].[Mg+2]. The number of rotatable bonds is 2. The van der Waals surface area contributed by atoms with Crippen molar-refractivity contribution in [3.8, 4) is 0 Å². The molecule has 0 N–H and O–H groups in total. The molecule has 2 nitrogen and oxygen atoms in total. The quantitative estimate of drug-likeness (QED) is 0.271. The van der Waals surface area contributed by atoms with E-state index in [1.54, 1.807) is 0 Å². The summed E-state index contributed by atoms with van der Waals surface area (Å²) >= 11 is 0. The van der Waals surface area contributed by atoms with Crippen LogP contribution in [0.5, 0.6) is 0 Å². The van der Waals surface area contributed by atoms with Crippen LogP contribution in [-0.4, -0.2) is 35.6 Å². The van der Waals surface area contributed by atoms with Gasteiger partial charge in [0.1, 0.15) is 0 Å². The Morgan fingerprint density at radius 2 is 2.00 bits per heavy atom. The zero-order valence-electron chi connectivity index (χ0n) is 5.36. The molecule has 56 valence electrons. The van der Waals surface area contributed by atoms with Gasteiger partial charge in [-0.15, -0.1) is 0 Å². The molecule has 0 saturated carbocycles. The fourth-order valence-electron chi connectivity index (χ4n) is 0.186. The minimum atomic E-state index is -2.30. The van der Waals surface area contributed by atoms with Crippen LogP contribution in [-0.2, 0) is 9.53 Å². The third-order valence-electron chi connectivity index (χ3n) is 0.430. The molecule has 0 spiro atoms. The van der Waals surface area contributed by atoms with Crippen LogP contribution in [0.3, 0.4) is 0 Å². The number of esters is 1. The second-order valence-corrected chi connectivity index (χ2v) is 0.981. The van der Waals surface area contributed by atoms with Gasteiger partial charge in [-0.25, -0.2) is 0 Å². The van der Waals surface area contributed by atoms with Crippen molar-refractivity contribution in [3.05, 3.63) is 6.43 Å². The van der Waals surface area contributed by atoms with Gasteiger partial charge in [0.05, 0.1) is 6.61 Å². The normalized spacial score (nSPS) is 6.70. The van der Waals surface area contributed by atoms with E-state index >= 15 is 0 Å². The maximum atomic E-state index is 11.1. The smallest absolute Gasteiger partial charge is 1.00 e. The summed E-state index contributed by atoms with van der Waals surface area (Å²) in [6.07, 6.45) is -2.30. The molecule has 0 aromatic carbocycles. The molecule has 6 heteroatoms. The fourth-order valence-corrected chi connectivity index (χ4v) is 0.186. The molecule has 0 aliphatic heterocycles. The van der Waals surface area contributed by atoms with Gasteiger partial charge < -0.3 is 25.9 Å². The summed E-state index contributed by atoms with van der Waals surface area (Å²) in [5.74, 6) is -1.53. The van der Waals surface area contributed by atoms with Crippen LogP contribution < -0.4 is 12.4 Å². The first kappa shape index (κ1) is 16.7. The Kier molecular flexibility index (Phi) is 15.4. The summed E-state index contributed by atoms with van der Waals surface area (Å²) in [5.41, 5.74) is 0. The topological polar surface area (TPSA) is 26.3 Å². The molecule has 0 atom stereocenters. The summed E-state index contributed by atoms with van der Waals surface area (Å²) in [6, 6.07) is 0. The van der Waals surface area contributed by atoms with E-state index in [9.17, 15) is 13.6 Å². The molecule has 0 aromatic heterocycles. The number of ether oxygens (including phenoxy) is 1. The first-order chi connectivity index (χ1) is 3.68. The van der Waals surface area contributed by atoms with Crippen LogP contribution in [0.15, 0.2) is 0 Å². The molecule has 0 amide bonds. The molecule has 0 aliphatic carbocycles. The van der Waals surface area contributed by atoms with Crippen molar-refractivity contribution in [1.82, 2.24) is 0 Å². The molecule has 0 heterocycles. The largest absolute Gasteiger partial charge is 2.00 e. The molecule has 0 aromatic rings. The van der Waals surface area contributed by atoms with Crippen molar-refractivity contribution < 1.29 is 30.7 Å². The maximum Gasteiger partial charge on any atom is 2.00 e. The monoisotopic (exact) mass is 182 g/mol. The second kappa shape index (κ2) is 9.26. The van der Waals surface area contributed by atoms with E-state index in [0.717, 1.165) is 0 Å². The Balaban J connectivity index is -0.000000245. The second-order valence-electron chi connectivity index (χ2n) is 0.981. The van der Waals surface area contributed by atoms with Gasteiger partial charge >= 0.3 is 23.1 Å². The molecule has 0 unspecified atom stereocenters. The molecule has 0 bridgehead atoms. The van der Waals surface area contributed by atoms with Gasteiger partial charge in [-0.1, -0.05) is 0 Å². The van der Waals surface area contributed by atoms with E-state index < -0.39 is 12.4 Å². The van der Waals surface area contributed by atoms with Crippen LogP contribution in [0.4, 0.5) is 8.78 Å². The van der Waals surface area contributed by atoms with Crippen LogP contribution >= 0.6 is 0 Å². The summed E-state index contributed by atoms with van der Waals surface area (Å²) in [7, 11) is 0. The van der Waals surface area contributed by atoms with Crippen molar-refractivity contribution in [3.63, 3.8) is 0 Å². The Labute approximate surface area is 79.9 Å². The fraction of sp³-hybridized carbons (Fsp3) is 0.500. The number of halogens is 3. The Morgan fingerprint density at radius 1 is 1.60 bits per heavy atom. The molecular formula is C4H5ClF2MgO2. The minimum absolute atomic E-state index is 0. The molecule has 0 fully saturated rings. The van der Waals surface area contributed by atoms with E-state index in [2.05, 4.69) is 4.74 Å². The number of hydrogen-bond acceptors (Lipinski definition) is 2. The summed E-state index contributed by atoms with van der Waals surface area (Å²) in [6.45, 7) is 1.44. The van der Waals surface area contributed by atoms with Crippen molar-refractivity contribution in [2.45, 2.75) is 6.92 Å². The number of carbonyl (C=O) groups excluding carboxylic acids is 1. The third kappa shape index (κ3) is 8.26. The Bertz CT molecular complexity index is 91.3. The molecular weight excluding hydrogens is 178 g/mol.